The van der Waals surface area contributed by atoms with Crippen LogP contribution in [0.3, 0.4) is 0 Å². The van der Waals surface area contributed by atoms with E-state index in [1.165, 1.54) is 12.1 Å². The average Bonchev–Trinajstić information content (AvgIpc) is 2.49. The van der Waals surface area contributed by atoms with Crippen molar-refractivity contribution >= 4 is 28.6 Å². The topological polar surface area (TPSA) is 118 Å². The van der Waals surface area contributed by atoms with E-state index in [1.54, 1.807) is 26.0 Å². The lowest BCUT2D eigenvalue weighted by Crippen LogP contribution is -2.39. The average molecular weight is 317 g/mol. The molecule has 0 aliphatic rings. The Morgan fingerprint density at radius 2 is 1.83 bits per heavy atom. The molecule has 0 radical (unpaired) electrons. The second-order valence-electron chi connectivity index (χ2n) is 5.23. The molecule has 0 saturated heterocycles. The molecule has 0 unspecified atom stereocenters. The van der Waals surface area contributed by atoms with Crippen molar-refractivity contribution in [2.24, 2.45) is 5.92 Å². The number of benzene rings is 1. The summed E-state index contributed by atoms with van der Waals surface area (Å²) in [6, 6.07) is 6.11. The van der Waals surface area contributed by atoms with Crippen molar-refractivity contribution in [1.82, 2.24) is 15.1 Å². The number of imide groups is 1. The van der Waals surface area contributed by atoms with Crippen LogP contribution in [0.15, 0.2) is 29.1 Å². The highest BCUT2D eigenvalue weighted by Crippen LogP contribution is 2.12. The molecule has 1 aromatic carbocycles. The van der Waals surface area contributed by atoms with Gasteiger partial charge >= 0.3 is 5.97 Å². The number of carbonyl (C=O) groups excluding carboxylic acids is 2. The fraction of sp³-hybridized carbons (Fsp3) is 0.267. The molecule has 0 fully saturated rings. The number of nitrogens with one attached hydrogen (secondary N) is 1. The molecule has 2 rings (SSSR count). The number of aromatic carboxylic acids is 1. The zero-order valence-electron chi connectivity index (χ0n) is 12.6. The van der Waals surface area contributed by atoms with E-state index in [-0.39, 0.29) is 16.5 Å². The predicted octanol–water partition coefficient (Wildman–Crippen LogP) is 0.393. The molecule has 120 valence electrons. The molecule has 8 heteroatoms. The third kappa shape index (κ3) is 3.42. The third-order valence-corrected chi connectivity index (χ3v) is 3.15. The first-order chi connectivity index (χ1) is 10.8. The Balaban J connectivity index is 2.44. The maximum absolute atomic E-state index is 12.3. The van der Waals surface area contributed by atoms with E-state index >= 15 is 0 Å². The SMILES string of the molecule is CC(C)C(=O)NC(=O)Cn1nc(C(=O)O)c2ccccc2c1=O. The van der Waals surface area contributed by atoms with Crippen molar-refractivity contribution in [1.29, 1.82) is 0 Å². The summed E-state index contributed by atoms with van der Waals surface area (Å²) in [4.78, 5) is 46.9. The van der Waals surface area contributed by atoms with Crippen LogP contribution in [-0.4, -0.2) is 32.7 Å². The molecule has 0 aliphatic carbocycles. The van der Waals surface area contributed by atoms with E-state index in [0.717, 1.165) is 4.68 Å². The van der Waals surface area contributed by atoms with Gasteiger partial charge in [0.15, 0.2) is 5.69 Å². The summed E-state index contributed by atoms with van der Waals surface area (Å²) in [6.07, 6.45) is 0. The molecule has 23 heavy (non-hydrogen) atoms. The minimum atomic E-state index is -1.31. The fourth-order valence-corrected chi connectivity index (χ4v) is 1.96. The number of aromatic nitrogens is 2. The van der Waals surface area contributed by atoms with E-state index in [1.807, 2.05) is 0 Å². The first-order valence-corrected chi connectivity index (χ1v) is 6.88. The summed E-state index contributed by atoms with van der Waals surface area (Å²) >= 11 is 0. The monoisotopic (exact) mass is 317 g/mol. The van der Waals surface area contributed by atoms with Crippen molar-refractivity contribution in [2.45, 2.75) is 20.4 Å². The molecule has 0 aliphatic heterocycles. The molecular formula is C15H15N3O5. The third-order valence-electron chi connectivity index (χ3n) is 3.15. The maximum Gasteiger partial charge on any atom is 0.357 e. The van der Waals surface area contributed by atoms with Crippen LogP contribution in [-0.2, 0) is 16.1 Å². The lowest BCUT2D eigenvalue weighted by atomic mass is 10.1. The summed E-state index contributed by atoms with van der Waals surface area (Å²) in [7, 11) is 0. The highest BCUT2D eigenvalue weighted by Gasteiger charge is 2.18. The summed E-state index contributed by atoms with van der Waals surface area (Å²) in [5.74, 6) is -2.92. The summed E-state index contributed by atoms with van der Waals surface area (Å²) < 4.78 is 0.745. The van der Waals surface area contributed by atoms with Gasteiger partial charge in [-0.15, -0.1) is 0 Å². The number of carboxylic acids is 1. The van der Waals surface area contributed by atoms with Crippen LogP contribution in [0.4, 0.5) is 0 Å². The Kier molecular flexibility index (Phi) is 4.54. The fourth-order valence-electron chi connectivity index (χ4n) is 1.96. The molecule has 1 aromatic heterocycles. The molecule has 1 heterocycles. The maximum atomic E-state index is 12.3. The van der Waals surface area contributed by atoms with Crippen LogP contribution in [0.25, 0.3) is 10.8 Å². The number of rotatable bonds is 4. The molecule has 0 atom stereocenters. The zero-order valence-corrected chi connectivity index (χ0v) is 12.6. The molecule has 8 nitrogen and oxygen atoms in total. The van der Waals surface area contributed by atoms with E-state index < -0.39 is 35.8 Å². The van der Waals surface area contributed by atoms with Crippen LogP contribution in [0.5, 0.6) is 0 Å². The van der Waals surface area contributed by atoms with Gasteiger partial charge in [0, 0.05) is 11.3 Å². The van der Waals surface area contributed by atoms with Gasteiger partial charge in [-0.25, -0.2) is 9.48 Å². The van der Waals surface area contributed by atoms with E-state index in [2.05, 4.69) is 10.4 Å². The highest BCUT2D eigenvalue weighted by atomic mass is 16.4. The molecule has 0 bridgehead atoms. The number of carbonyl (C=O) groups is 3. The van der Waals surface area contributed by atoms with Gasteiger partial charge in [-0.3, -0.25) is 19.7 Å². The van der Waals surface area contributed by atoms with Crippen LogP contribution in [0, 0.1) is 5.92 Å². The Bertz CT molecular complexity index is 854. The van der Waals surface area contributed by atoms with Gasteiger partial charge in [0.05, 0.1) is 5.39 Å². The van der Waals surface area contributed by atoms with Gasteiger partial charge in [0.2, 0.25) is 11.8 Å². The predicted molar refractivity (Wildman–Crippen MR) is 81.0 cm³/mol. The van der Waals surface area contributed by atoms with Gasteiger partial charge in [0.1, 0.15) is 6.54 Å². The molecule has 0 spiro atoms. The summed E-state index contributed by atoms with van der Waals surface area (Å²) in [5.41, 5.74) is -0.930. The van der Waals surface area contributed by atoms with Gasteiger partial charge in [-0.05, 0) is 6.07 Å². The number of amides is 2. The van der Waals surface area contributed by atoms with Gasteiger partial charge in [-0.1, -0.05) is 32.0 Å². The first kappa shape index (κ1) is 16.3. The Morgan fingerprint density at radius 3 is 2.39 bits per heavy atom. The van der Waals surface area contributed by atoms with Crippen molar-refractivity contribution in [2.75, 3.05) is 0 Å². The van der Waals surface area contributed by atoms with Crippen molar-refractivity contribution in [3.63, 3.8) is 0 Å². The van der Waals surface area contributed by atoms with Gasteiger partial charge in [0.25, 0.3) is 5.56 Å². The van der Waals surface area contributed by atoms with Crippen LogP contribution in [0.2, 0.25) is 0 Å². The standard InChI is InChI=1S/C15H15N3O5/c1-8(2)13(20)16-11(19)7-18-14(21)10-6-4-3-5-9(10)12(17-18)15(22)23/h3-6,8H,7H2,1-2H3,(H,22,23)(H,16,19,20). The number of nitrogens with zero attached hydrogens (tertiary/aromatic N) is 2. The number of hydrogen-bond donors (Lipinski definition) is 2. The van der Waals surface area contributed by atoms with E-state index in [0.29, 0.717) is 0 Å². The Hall–Kier alpha value is -3.03. The van der Waals surface area contributed by atoms with Crippen molar-refractivity contribution in [3.8, 4) is 0 Å². The van der Waals surface area contributed by atoms with Crippen molar-refractivity contribution in [3.05, 3.63) is 40.3 Å². The number of fused-ring (bicyclic) bond motifs is 1. The molecular weight excluding hydrogens is 302 g/mol. The lowest BCUT2D eigenvalue weighted by molar-refractivity contribution is -0.132. The molecule has 2 N–H and O–H groups in total. The van der Waals surface area contributed by atoms with Crippen LogP contribution < -0.4 is 10.9 Å². The summed E-state index contributed by atoms with van der Waals surface area (Å²) in [5, 5.41) is 15.4. The Labute approximate surface area is 130 Å². The van der Waals surface area contributed by atoms with Crippen LogP contribution in [0.1, 0.15) is 24.3 Å². The van der Waals surface area contributed by atoms with E-state index in [9.17, 15) is 24.3 Å². The number of hydrogen-bond acceptors (Lipinski definition) is 5. The first-order valence-electron chi connectivity index (χ1n) is 6.88. The van der Waals surface area contributed by atoms with Gasteiger partial charge < -0.3 is 5.11 Å². The largest absolute Gasteiger partial charge is 0.476 e. The second kappa shape index (κ2) is 6.39. The lowest BCUT2D eigenvalue weighted by Gasteiger charge is -2.09. The minimum Gasteiger partial charge on any atom is -0.476 e. The molecule has 2 aromatic rings. The zero-order chi connectivity index (χ0) is 17.1. The quantitative estimate of drug-likeness (QED) is 0.842. The number of carboxylic acid groups (broad SMARTS) is 1. The smallest absolute Gasteiger partial charge is 0.357 e. The normalized spacial score (nSPS) is 10.7. The molecule has 0 saturated carbocycles. The highest BCUT2D eigenvalue weighted by molar-refractivity contribution is 6.01. The minimum absolute atomic E-state index is 0.142. The van der Waals surface area contributed by atoms with E-state index in [4.69, 9.17) is 0 Å². The Morgan fingerprint density at radius 1 is 1.22 bits per heavy atom. The summed E-state index contributed by atoms with van der Waals surface area (Å²) in [6.45, 7) is 2.69. The van der Waals surface area contributed by atoms with Gasteiger partial charge in [-0.2, -0.15) is 5.10 Å². The van der Waals surface area contributed by atoms with Crippen molar-refractivity contribution < 1.29 is 19.5 Å². The second-order valence-corrected chi connectivity index (χ2v) is 5.23. The molecule has 2 amide bonds. The van der Waals surface area contributed by atoms with Crippen LogP contribution >= 0.6 is 0 Å².